The Bertz CT molecular complexity index is 3130. The maximum absolute atomic E-state index is 2.55. The summed E-state index contributed by atoms with van der Waals surface area (Å²) in [5.41, 5.74) is 20.6. The molecule has 0 aromatic heterocycles. The van der Waals surface area contributed by atoms with E-state index in [0.717, 1.165) is 42.7 Å². The van der Waals surface area contributed by atoms with Crippen LogP contribution in [0.4, 0.5) is 17.1 Å². The quantitative estimate of drug-likeness (QED) is 0.145. The Morgan fingerprint density at radius 1 is 0.238 bits per heavy atom. The molecular formula is C62H49N. The molecule has 2 aliphatic rings. The summed E-state index contributed by atoms with van der Waals surface area (Å²) in [5, 5.41) is 8.08. The highest BCUT2D eigenvalue weighted by Gasteiger charge is 2.28. The number of nitrogens with zero attached hydrogens (tertiary/aromatic N) is 1. The molecule has 2 aliphatic carbocycles. The van der Waals surface area contributed by atoms with E-state index in [1.807, 2.05) is 0 Å². The molecule has 0 saturated carbocycles. The molecule has 1 heteroatoms. The summed E-state index contributed by atoms with van der Waals surface area (Å²) < 4.78 is 0. The smallest absolute Gasteiger partial charge is 0.0462 e. The van der Waals surface area contributed by atoms with Crippen LogP contribution in [0.1, 0.15) is 47.9 Å². The van der Waals surface area contributed by atoms with E-state index in [1.165, 1.54) is 96.9 Å². The summed E-state index contributed by atoms with van der Waals surface area (Å²) in [6, 6.07) is 74.4. The third kappa shape index (κ3) is 6.62. The van der Waals surface area contributed by atoms with Crippen LogP contribution in [0.5, 0.6) is 0 Å². The first-order chi connectivity index (χ1) is 31.3. The number of anilines is 3. The fourth-order valence-corrected chi connectivity index (χ4v) is 11.1. The molecule has 12 rings (SSSR count). The standard InChI is InChI=1S/C62H49N/c1-3-15-42(16-4-1)44-27-34-48(35-28-44)63(49-36-29-45(30-37-49)43-17-5-2-6-18-43)50-38-31-46(32-39-50)61-56-23-11-13-25-58(56)62(59-26-14-12-24-57(59)61)47-33-40-55-53-21-8-7-19-51(53)52-20-9-10-22-54(52)60(55)41-47/h1-10,15-22,27-41H,11-14,23-26H2. The SMILES string of the molecule is c1ccc(-c2ccc(N(c3ccc(-c4ccccc4)cc3)c3ccc(-c4c5c(c(-c6ccc7c8ccccc8c8ccccc8c7c6)c6c4CCCC6)CCCC5)cc3)cc2)cc1. The molecule has 10 aromatic carbocycles. The van der Waals surface area contributed by atoms with Gasteiger partial charge in [-0.25, -0.2) is 0 Å². The molecule has 0 aliphatic heterocycles. The highest BCUT2D eigenvalue weighted by atomic mass is 15.1. The minimum Gasteiger partial charge on any atom is -0.311 e. The van der Waals surface area contributed by atoms with Gasteiger partial charge in [-0.1, -0.05) is 158 Å². The van der Waals surface area contributed by atoms with Crippen LogP contribution >= 0.6 is 0 Å². The number of rotatable bonds is 7. The van der Waals surface area contributed by atoms with Crippen LogP contribution in [0.15, 0.2) is 200 Å². The van der Waals surface area contributed by atoms with Crippen molar-refractivity contribution in [2.45, 2.75) is 51.4 Å². The topological polar surface area (TPSA) is 3.24 Å². The van der Waals surface area contributed by atoms with Gasteiger partial charge in [0.1, 0.15) is 0 Å². The second-order valence-electron chi connectivity index (χ2n) is 17.6. The van der Waals surface area contributed by atoms with Gasteiger partial charge in [-0.15, -0.1) is 0 Å². The van der Waals surface area contributed by atoms with Crippen LogP contribution in [0.3, 0.4) is 0 Å². The summed E-state index contributed by atoms with van der Waals surface area (Å²) >= 11 is 0. The van der Waals surface area contributed by atoms with Crippen LogP contribution in [-0.4, -0.2) is 0 Å². The molecule has 0 radical (unpaired) electrons. The van der Waals surface area contributed by atoms with Gasteiger partial charge < -0.3 is 4.90 Å². The summed E-state index contributed by atoms with van der Waals surface area (Å²) in [6.45, 7) is 0. The Balaban J connectivity index is 0.979. The van der Waals surface area contributed by atoms with E-state index in [1.54, 1.807) is 27.8 Å². The molecular weight excluding hydrogens is 759 g/mol. The van der Waals surface area contributed by atoms with Gasteiger partial charge in [-0.3, -0.25) is 0 Å². The van der Waals surface area contributed by atoms with Crippen LogP contribution in [-0.2, 0) is 25.7 Å². The molecule has 302 valence electrons. The second kappa shape index (κ2) is 15.9. The highest BCUT2D eigenvalue weighted by Crippen LogP contribution is 2.48. The van der Waals surface area contributed by atoms with Gasteiger partial charge in [0.05, 0.1) is 0 Å². The van der Waals surface area contributed by atoms with Crippen molar-refractivity contribution in [3.8, 4) is 44.5 Å². The average Bonchev–Trinajstić information content (AvgIpc) is 3.37. The second-order valence-corrected chi connectivity index (χ2v) is 17.6. The molecule has 0 bridgehead atoms. The van der Waals surface area contributed by atoms with Gasteiger partial charge in [0.15, 0.2) is 0 Å². The van der Waals surface area contributed by atoms with Crippen molar-refractivity contribution >= 4 is 49.4 Å². The van der Waals surface area contributed by atoms with Gasteiger partial charge >= 0.3 is 0 Å². The first-order valence-electron chi connectivity index (χ1n) is 23.0. The predicted octanol–water partition coefficient (Wildman–Crippen LogP) is 17.0. The molecule has 0 fully saturated rings. The van der Waals surface area contributed by atoms with Crippen LogP contribution in [0.25, 0.3) is 76.8 Å². The third-order valence-electron chi connectivity index (χ3n) is 14.1. The Morgan fingerprint density at radius 2 is 0.540 bits per heavy atom. The van der Waals surface area contributed by atoms with Crippen molar-refractivity contribution in [1.82, 2.24) is 0 Å². The highest BCUT2D eigenvalue weighted by molar-refractivity contribution is 6.25. The maximum Gasteiger partial charge on any atom is 0.0462 e. The summed E-state index contributed by atoms with van der Waals surface area (Å²) in [7, 11) is 0. The van der Waals surface area contributed by atoms with Gasteiger partial charge in [-0.2, -0.15) is 0 Å². The van der Waals surface area contributed by atoms with Gasteiger partial charge in [0.25, 0.3) is 0 Å². The van der Waals surface area contributed by atoms with Gasteiger partial charge in [-0.05, 0) is 193 Å². The zero-order chi connectivity index (χ0) is 41.7. The molecule has 0 amide bonds. The first kappa shape index (κ1) is 37.5. The molecule has 0 N–H and O–H groups in total. The van der Waals surface area contributed by atoms with E-state index in [0.29, 0.717) is 0 Å². The normalized spacial score (nSPS) is 13.5. The molecule has 1 nitrogen and oxygen atoms in total. The van der Waals surface area contributed by atoms with E-state index in [2.05, 4.69) is 205 Å². The van der Waals surface area contributed by atoms with Crippen molar-refractivity contribution in [2.24, 2.45) is 0 Å². The summed E-state index contributed by atoms with van der Waals surface area (Å²) in [4.78, 5) is 2.41. The minimum atomic E-state index is 1.14. The molecule has 0 heterocycles. The number of hydrogen-bond acceptors (Lipinski definition) is 1. The zero-order valence-corrected chi connectivity index (χ0v) is 35.7. The lowest BCUT2D eigenvalue weighted by molar-refractivity contribution is 0.662. The van der Waals surface area contributed by atoms with E-state index in [9.17, 15) is 0 Å². The lowest BCUT2D eigenvalue weighted by atomic mass is 9.72. The van der Waals surface area contributed by atoms with E-state index >= 15 is 0 Å². The van der Waals surface area contributed by atoms with Crippen molar-refractivity contribution < 1.29 is 0 Å². The number of hydrogen-bond donors (Lipinski definition) is 0. The summed E-state index contributed by atoms with van der Waals surface area (Å²) in [5.74, 6) is 0. The largest absolute Gasteiger partial charge is 0.311 e. The summed E-state index contributed by atoms with van der Waals surface area (Å²) in [6.07, 6.45) is 9.56. The molecule has 0 unspecified atom stereocenters. The zero-order valence-electron chi connectivity index (χ0n) is 35.7. The van der Waals surface area contributed by atoms with Crippen molar-refractivity contribution in [3.63, 3.8) is 0 Å². The van der Waals surface area contributed by atoms with Gasteiger partial charge in [0.2, 0.25) is 0 Å². The monoisotopic (exact) mass is 807 g/mol. The Hall–Kier alpha value is -7.22. The molecule has 10 aromatic rings. The fourth-order valence-electron chi connectivity index (χ4n) is 11.1. The van der Waals surface area contributed by atoms with Crippen molar-refractivity contribution in [3.05, 3.63) is 222 Å². The average molecular weight is 808 g/mol. The first-order valence-corrected chi connectivity index (χ1v) is 23.0. The Kier molecular flexibility index (Phi) is 9.48. The molecule has 0 saturated heterocycles. The van der Waals surface area contributed by atoms with Crippen LogP contribution < -0.4 is 4.90 Å². The van der Waals surface area contributed by atoms with E-state index < -0.39 is 0 Å². The maximum atomic E-state index is 2.55. The van der Waals surface area contributed by atoms with Crippen molar-refractivity contribution in [2.75, 3.05) is 4.90 Å². The minimum absolute atomic E-state index is 1.14. The lowest BCUT2D eigenvalue weighted by Crippen LogP contribution is -2.15. The molecule has 63 heavy (non-hydrogen) atoms. The van der Waals surface area contributed by atoms with Crippen LogP contribution in [0.2, 0.25) is 0 Å². The van der Waals surface area contributed by atoms with Crippen LogP contribution in [0, 0.1) is 0 Å². The Morgan fingerprint density at radius 3 is 0.952 bits per heavy atom. The predicted molar refractivity (Wildman–Crippen MR) is 269 cm³/mol. The van der Waals surface area contributed by atoms with E-state index in [-0.39, 0.29) is 0 Å². The molecule has 0 spiro atoms. The van der Waals surface area contributed by atoms with Crippen molar-refractivity contribution in [1.29, 1.82) is 0 Å². The molecule has 0 atom stereocenters. The third-order valence-corrected chi connectivity index (χ3v) is 14.1. The number of fused-ring (bicyclic) bond motifs is 8. The van der Waals surface area contributed by atoms with Gasteiger partial charge in [0, 0.05) is 17.1 Å². The number of benzene rings is 10. The van der Waals surface area contributed by atoms with E-state index in [4.69, 9.17) is 0 Å². The fraction of sp³-hybridized carbons (Fsp3) is 0.129. The Labute approximate surface area is 370 Å². The lowest BCUT2D eigenvalue weighted by Gasteiger charge is -2.32.